The molecule has 0 aliphatic heterocycles. The van der Waals surface area contributed by atoms with Crippen LogP contribution in [0, 0.1) is 0 Å². The van der Waals surface area contributed by atoms with E-state index in [9.17, 15) is 26.7 Å². The van der Waals surface area contributed by atoms with E-state index in [0.29, 0.717) is 6.20 Å². The third kappa shape index (κ3) is 4.25. The minimum Gasteiger partial charge on any atom is -0.462 e. The Labute approximate surface area is 115 Å². The lowest BCUT2D eigenvalue weighted by Gasteiger charge is -2.17. The van der Waals surface area contributed by atoms with Crippen molar-refractivity contribution in [2.75, 3.05) is 6.61 Å². The van der Waals surface area contributed by atoms with Gasteiger partial charge in [-0.3, -0.25) is 4.98 Å². The molecule has 2 N–H and O–H groups in total. The molecular formula is C11H11F5N2O3. The van der Waals surface area contributed by atoms with Crippen LogP contribution in [0.15, 0.2) is 6.20 Å². The highest BCUT2D eigenvalue weighted by Crippen LogP contribution is 2.35. The molecule has 0 saturated carbocycles. The summed E-state index contributed by atoms with van der Waals surface area (Å²) in [4.78, 5) is 14.9. The third-order valence-electron chi connectivity index (χ3n) is 2.26. The van der Waals surface area contributed by atoms with E-state index in [1.54, 1.807) is 0 Å². The van der Waals surface area contributed by atoms with Gasteiger partial charge in [0.1, 0.15) is 11.3 Å². The van der Waals surface area contributed by atoms with Crippen LogP contribution in [0.4, 0.5) is 22.0 Å². The summed E-state index contributed by atoms with van der Waals surface area (Å²) in [5.74, 6) is -2.51. The lowest BCUT2D eigenvalue weighted by molar-refractivity contribution is -0.275. The van der Waals surface area contributed by atoms with Gasteiger partial charge in [0.25, 0.3) is 6.43 Å². The first-order chi connectivity index (χ1) is 9.71. The smallest absolute Gasteiger partial charge is 0.462 e. The van der Waals surface area contributed by atoms with E-state index in [0.717, 1.165) is 0 Å². The molecule has 0 saturated heterocycles. The molecule has 0 amide bonds. The van der Waals surface area contributed by atoms with E-state index >= 15 is 0 Å². The number of rotatable bonds is 5. The fraction of sp³-hybridized carbons (Fsp3) is 0.455. The zero-order valence-electron chi connectivity index (χ0n) is 10.7. The molecule has 0 aliphatic rings. The maximum atomic E-state index is 12.8. The molecule has 1 rings (SSSR count). The zero-order valence-corrected chi connectivity index (χ0v) is 10.7. The summed E-state index contributed by atoms with van der Waals surface area (Å²) >= 11 is 0. The van der Waals surface area contributed by atoms with Crippen LogP contribution in [-0.2, 0) is 11.3 Å². The predicted molar refractivity (Wildman–Crippen MR) is 59.7 cm³/mol. The van der Waals surface area contributed by atoms with Gasteiger partial charge in [0.2, 0.25) is 0 Å². The van der Waals surface area contributed by atoms with Crippen molar-refractivity contribution in [1.29, 1.82) is 0 Å². The molecule has 0 atom stereocenters. The number of ether oxygens (including phenoxy) is 2. The van der Waals surface area contributed by atoms with Gasteiger partial charge in [0, 0.05) is 18.3 Å². The molecule has 118 valence electrons. The maximum absolute atomic E-state index is 12.8. The molecule has 0 radical (unpaired) electrons. The SMILES string of the molecule is CCOC(=O)c1c(C(F)F)ncc(CN)c1OC(F)(F)F. The van der Waals surface area contributed by atoms with Crippen LogP contribution < -0.4 is 10.5 Å². The quantitative estimate of drug-likeness (QED) is 0.668. The Balaban J connectivity index is 3.52. The normalized spacial score (nSPS) is 11.6. The van der Waals surface area contributed by atoms with Crippen molar-refractivity contribution in [3.05, 3.63) is 23.0 Å². The highest BCUT2D eigenvalue weighted by Gasteiger charge is 2.37. The van der Waals surface area contributed by atoms with Gasteiger partial charge in [-0.1, -0.05) is 0 Å². The largest absolute Gasteiger partial charge is 0.573 e. The molecule has 0 bridgehead atoms. The molecule has 0 unspecified atom stereocenters. The Morgan fingerprint density at radius 2 is 2.05 bits per heavy atom. The molecule has 1 aromatic rings. The third-order valence-corrected chi connectivity index (χ3v) is 2.26. The second kappa shape index (κ2) is 6.66. The first-order valence-electron chi connectivity index (χ1n) is 5.64. The molecule has 1 aromatic heterocycles. The molecule has 0 aliphatic carbocycles. The van der Waals surface area contributed by atoms with Gasteiger partial charge in [-0.25, -0.2) is 13.6 Å². The summed E-state index contributed by atoms with van der Waals surface area (Å²) in [6, 6.07) is 0. The molecule has 0 spiro atoms. The summed E-state index contributed by atoms with van der Waals surface area (Å²) in [5, 5.41) is 0. The van der Waals surface area contributed by atoms with Crippen molar-refractivity contribution in [1.82, 2.24) is 4.98 Å². The molecule has 5 nitrogen and oxygen atoms in total. The van der Waals surface area contributed by atoms with Gasteiger partial charge in [-0.15, -0.1) is 13.2 Å². The van der Waals surface area contributed by atoms with E-state index in [2.05, 4.69) is 14.5 Å². The number of carbonyl (C=O) groups excluding carboxylic acids is 1. The van der Waals surface area contributed by atoms with Crippen LogP contribution in [0.2, 0.25) is 0 Å². The highest BCUT2D eigenvalue weighted by atomic mass is 19.4. The van der Waals surface area contributed by atoms with E-state index in [4.69, 9.17) is 5.73 Å². The fourth-order valence-corrected chi connectivity index (χ4v) is 1.49. The number of halogens is 5. The number of nitrogens with two attached hydrogens (primary N) is 1. The van der Waals surface area contributed by atoms with Crippen LogP contribution in [-0.4, -0.2) is 23.9 Å². The number of pyridine rings is 1. The second-order valence-corrected chi connectivity index (χ2v) is 3.65. The van der Waals surface area contributed by atoms with Crippen molar-refractivity contribution in [3.8, 4) is 5.75 Å². The lowest BCUT2D eigenvalue weighted by Crippen LogP contribution is -2.23. The number of aromatic nitrogens is 1. The minimum atomic E-state index is -5.19. The van der Waals surface area contributed by atoms with E-state index in [1.807, 2.05) is 0 Å². The number of esters is 1. The summed E-state index contributed by atoms with van der Waals surface area (Å²) in [6.07, 6.45) is -7.77. The van der Waals surface area contributed by atoms with Crippen LogP contribution in [0.1, 0.15) is 35.0 Å². The Morgan fingerprint density at radius 1 is 1.43 bits per heavy atom. The molecule has 0 fully saturated rings. The molecular weight excluding hydrogens is 303 g/mol. The fourth-order valence-electron chi connectivity index (χ4n) is 1.49. The van der Waals surface area contributed by atoms with Crippen LogP contribution >= 0.6 is 0 Å². The monoisotopic (exact) mass is 314 g/mol. The van der Waals surface area contributed by atoms with Crippen molar-refractivity contribution in [2.24, 2.45) is 5.73 Å². The van der Waals surface area contributed by atoms with Gasteiger partial charge < -0.3 is 15.2 Å². The van der Waals surface area contributed by atoms with Crippen LogP contribution in [0.5, 0.6) is 5.75 Å². The van der Waals surface area contributed by atoms with E-state index < -0.39 is 42.3 Å². The maximum Gasteiger partial charge on any atom is 0.573 e. The van der Waals surface area contributed by atoms with Crippen molar-refractivity contribution < 1.29 is 36.2 Å². The number of carbonyl (C=O) groups is 1. The van der Waals surface area contributed by atoms with E-state index in [1.165, 1.54) is 6.92 Å². The summed E-state index contributed by atoms with van der Waals surface area (Å²) in [6.45, 7) is 0.651. The average molecular weight is 314 g/mol. The van der Waals surface area contributed by atoms with E-state index in [-0.39, 0.29) is 12.2 Å². The highest BCUT2D eigenvalue weighted by molar-refractivity contribution is 5.94. The van der Waals surface area contributed by atoms with Gasteiger partial charge in [0.15, 0.2) is 5.75 Å². The van der Waals surface area contributed by atoms with Gasteiger partial charge in [0.05, 0.1) is 6.61 Å². The summed E-state index contributed by atoms with van der Waals surface area (Å²) < 4.78 is 71.0. The lowest BCUT2D eigenvalue weighted by atomic mass is 10.1. The predicted octanol–water partition coefficient (Wildman–Crippen LogP) is 2.55. The Hall–Kier alpha value is -1.97. The molecule has 0 aromatic carbocycles. The first kappa shape index (κ1) is 17.1. The molecule has 21 heavy (non-hydrogen) atoms. The first-order valence-corrected chi connectivity index (χ1v) is 5.64. The Kier molecular flexibility index (Phi) is 5.41. The van der Waals surface area contributed by atoms with Crippen molar-refractivity contribution >= 4 is 5.97 Å². The minimum absolute atomic E-state index is 0.222. The number of nitrogens with zero attached hydrogens (tertiary/aromatic N) is 1. The van der Waals surface area contributed by atoms with Gasteiger partial charge in [-0.05, 0) is 6.92 Å². The average Bonchev–Trinajstić information content (AvgIpc) is 2.36. The zero-order chi connectivity index (χ0) is 16.2. The standard InChI is InChI=1S/C11H11F5N2O3/c1-2-20-10(19)6-7(9(12)13)18-4-5(3-17)8(6)21-11(14,15)16/h4,9H,2-3,17H2,1H3. The number of alkyl halides is 5. The molecule has 10 heteroatoms. The summed E-state index contributed by atoms with van der Waals surface area (Å²) in [7, 11) is 0. The topological polar surface area (TPSA) is 74.4 Å². The molecule has 1 heterocycles. The Bertz CT molecular complexity index is 519. The number of hydrogen-bond acceptors (Lipinski definition) is 5. The van der Waals surface area contributed by atoms with Gasteiger partial charge >= 0.3 is 12.3 Å². The summed E-state index contributed by atoms with van der Waals surface area (Å²) in [5.41, 5.74) is 2.63. The van der Waals surface area contributed by atoms with Crippen LogP contribution in [0.3, 0.4) is 0 Å². The second-order valence-electron chi connectivity index (χ2n) is 3.65. The van der Waals surface area contributed by atoms with Crippen molar-refractivity contribution in [3.63, 3.8) is 0 Å². The number of hydrogen-bond donors (Lipinski definition) is 1. The van der Waals surface area contributed by atoms with Crippen LogP contribution in [0.25, 0.3) is 0 Å². The van der Waals surface area contributed by atoms with Crippen molar-refractivity contribution in [2.45, 2.75) is 26.3 Å². The Morgan fingerprint density at radius 3 is 2.48 bits per heavy atom. The van der Waals surface area contributed by atoms with Gasteiger partial charge in [-0.2, -0.15) is 0 Å².